The van der Waals surface area contributed by atoms with E-state index < -0.39 is 16.0 Å². The normalized spacial score (nSPS) is 12.1. The topological polar surface area (TPSA) is 116 Å². The van der Waals surface area contributed by atoms with E-state index in [0.29, 0.717) is 11.1 Å². The van der Waals surface area contributed by atoms with Gasteiger partial charge in [-0.25, -0.2) is 13.2 Å². The zero-order valence-electron chi connectivity index (χ0n) is 18.8. The third-order valence-electron chi connectivity index (χ3n) is 4.99. The molecule has 0 spiro atoms. The number of aromatic carboxylic acids is 1. The van der Waals surface area contributed by atoms with E-state index in [2.05, 4.69) is 30.5 Å². The number of aromatic nitrogens is 1. The smallest absolute Gasteiger partial charge is 0.336 e. The summed E-state index contributed by atoms with van der Waals surface area (Å²) < 4.78 is 25.2. The number of nitrogens with one attached hydrogen (secondary N) is 2. The van der Waals surface area contributed by atoms with E-state index in [9.17, 15) is 23.1 Å². The van der Waals surface area contributed by atoms with Crippen LogP contribution in [0.15, 0.2) is 59.5 Å². The molecule has 1 aromatic heterocycles. The molecule has 8 heteroatoms. The van der Waals surface area contributed by atoms with Gasteiger partial charge in [-0.1, -0.05) is 51.1 Å². The highest BCUT2D eigenvalue weighted by Gasteiger charge is 2.17. The molecule has 0 fully saturated rings. The van der Waals surface area contributed by atoms with Crippen LogP contribution in [0.1, 0.15) is 47.8 Å². The van der Waals surface area contributed by atoms with E-state index in [4.69, 9.17) is 0 Å². The van der Waals surface area contributed by atoms with Crippen molar-refractivity contribution < 1.29 is 18.3 Å². The minimum atomic E-state index is -3.53. The van der Waals surface area contributed by atoms with Gasteiger partial charge >= 0.3 is 5.97 Å². The highest BCUT2D eigenvalue weighted by molar-refractivity contribution is 7.92. The van der Waals surface area contributed by atoms with E-state index in [0.717, 1.165) is 22.9 Å². The first kappa shape index (κ1) is 24.0. The number of carboxylic acids is 1. The van der Waals surface area contributed by atoms with Crippen LogP contribution in [0.2, 0.25) is 0 Å². The summed E-state index contributed by atoms with van der Waals surface area (Å²) in [6.07, 6.45) is 6.02. The van der Waals surface area contributed by atoms with Crippen molar-refractivity contribution in [1.82, 2.24) is 4.98 Å². The third kappa shape index (κ3) is 6.20. The zero-order valence-corrected chi connectivity index (χ0v) is 19.7. The molecule has 1 heterocycles. The predicted molar refractivity (Wildman–Crippen MR) is 132 cm³/mol. The molecule has 2 aromatic carbocycles. The number of sulfonamides is 1. The van der Waals surface area contributed by atoms with Gasteiger partial charge in [0.15, 0.2) is 0 Å². The van der Waals surface area contributed by atoms with Crippen molar-refractivity contribution in [3.63, 3.8) is 0 Å². The van der Waals surface area contributed by atoms with Gasteiger partial charge in [0.2, 0.25) is 10.0 Å². The van der Waals surface area contributed by atoms with Crippen LogP contribution in [0, 0.1) is 0 Å². The van der Waals surface area contributed by atoms with Gasteiger partial charge in [0.25, 0.3) is 5.56 Å². The number of aromatic amines is 1. The van der Waals surface area contributed by atoms with Crippen molar-refractivity contribution in [3.05, 3.63) is 87.3 Å². The average Bonchev–Trinajstić information content (AvgIpc) is 2.71. The Labute approximate surface area is 192 Å². The molecule has 0 radical (unpaired) electrons. The second-order valence-corrected chi connectivity index (χ2v) is 10.6. The molecule has 0 aliphatic heterocycles. The number of benzene rings is 2. The molecule has 0 aliphatic rings. The second-order valence-electron chi connectivity index (χ2n) is 8.82. The average molecular weight is 467 g/mol. The quantitative estimate of drug-likeness (QED) is 0.460. The Bertz CT molecular complexity index is 1400. The second kappa shape index (κ2) is 9.07. The lowest BCUT2D eigenvalue weighted by Gasteiger charge is -2.21. The van der Waals surface area contributed by atoms with Crippen molar-refractivity contribution in [2.24, 2.45) is 0 Å². The maximum absolute atomic E-state index is 12.3. The molecule has 172 valence electrons. The van der Waals surface area contributed by atoms with Crippen molar-refractivity contribution in [2.75, 3.05) is 11.0 Å². The molecule has 0 saturated heterocycles. The summed E-state index contributed by atoms with van der Waals surface area (Å²) in [6.45, 7) is 6.22. The number of H-pyrrole nitrogens is 1. The summed E-state index contributed by atoms with van der Waals surface area (Å²) >= 11 is 0. The van der Waals surface area contributed by atoms with E-state index in [1.165, 1.54) is 12.1 Å². The van der Waals surface area contributed by atoms with Crippen molar-refractivity contribution >= 4 is 33.8 Å². The summed E-state index contributed by atoms with van der Waals surface area (Å²) in [7, 11) is -3.53. The Balaban J connectivity index is 2.08. The zero-order chi connectivity index (χ0) is 24.4. The van der Waals surface area contributed by atoms with Crippen molar-refractivity contribution in [3.8, 4) is 11.1 Å². The fourth-order valence-electron chi connectivity index (χ4n) is 3.34. The maximum atomic E-state index is 12.3. The van der Waals surface area contributed by atoms with Gasteiger partial charge in [-0.05, 0) is 58.0 Å². The first-order chi connectivity index (χ1) is 15.3. The highest BCUT2D eigenvalue weighted by atomic mass is 32.2. The molecule has 7 nitrogen and oxygen atoms in total. The number of carboxylic acid groups (broad SMARTS) is 1. The highest BCUT2D eigenvalue weighted by Crippen LogP contribution is 2.29. The molecule has 33 heavy (non-hydrogen) atoms. The Morgan fingerprint density at radius 2 is 1.79 bits per heavy atom. The molecule has 0 bridgehead atoms. The minimum absolute atomic E-state index is 0.0356. The molecule has 3 aromatic rings. The van der Waals surface area contributed by atoms with Crippen LogP contribution >= 0.6 is 0 Å². The molecule has 0 saturated carbocycles. The minimum Gasteiger partial charge on any atom is -0.478 e. The molecule has 0 amide bonds. The largest absolute Gasteiger partial charge is 0.478 e. The van der Waals surface area contributed by atoms with Gasteiger partial charge in [-0.3, -0.25) is 9.52 Å². The van der Waals surface area contributed by atoms with Crippen molar-refractivity contribution in [2.45, 2.75) is 26.2 Å². The van der Waals surface area contributed by atoms with Crippen LogP contribution in [0.4, 0.5) is 5.69 Å². The standard InChI is InChI=1S/C25H26N2O5S/c1-25(2,3)19-13-16(12-18(14-19)21-6-5-11-26-23(21)28)7-8-17-9-10-20(27-33(4,31)32)15-22(17)24(29)30/h5-15,27H,1-4H3,(H,26,28)(H,29,30)/b8-7+. The Morgan fingerprint density at radius 3 is 2.39 bits per heavy atom. The van der Waals surface area contributed by atoms with Crippen LogP contribution in [0.3, 0.4) is 0 Å². The van der Waals surface area contributed by atoms with Gasteiger partial charge in [-0.2, -0.15) is 0 Å². The summed E-state index contributed by atoms with van der Waals surface area (Å²) in [4.78, 5) is 26.8. The lowest BCUT2D eigenvalue weighted by Crippen LogP contribution is -2.13. The number of hydrogen-bond acceptors (Lipinski definition) is 4. The maximum Gasteiger partial charge on any atom is 0.336 e. The van der Waals surface area contributed by atoms with E-state index in [-0.39, 0.29) is 22.2 Å². The molecule has 3 rings (SSSR count). The summed E-state index contributed by atoms with van der Waals surface area (Å²) in [6, 6.07) is 13.7. The summed E-state index contributed by atoms with van der Waals surface area (Å²) in [5.74, 6) is -1.17. The number of anilines is 1. The number of hydrogen-bond donors (Lipinski definition) is 3. The molecule has 3 N–H and O–H groups in total. The number of carbonyl (C=O) groups is 1. The fourth-order valence-corrected chi connectivity index (χ4v) is 3.89. The van der Waals surface area contributed by atoms with Crippen LogP contribution in [0.25, 0.3) is 23.3 Å². The molecular weight excluding hydrogens is 440 g/mol. The molecule has 0 atom stereocenters. The van der Waals surface area contributed by atoms with Crippen LogP contribution in [0.5, 0.6) is 0 Å². The number of pyridine rings is 1. The monoisotopic (exact) mass is 466 g/mol. The molecular formula is C25H26N2O5S. The van der Waals surface area contributed by atoms with Crippen LogP contribution < -0.4 is 10.3 Å². The van der Waals surface area contributed by atoms with Gasteiger partial charge in [0, 0.05) is 17.4 Å². The Morgan fingerprint density at radius 1 is 1.06 bits per heavy atom. The van der Waals surface area contributed by atoms with E-state index >= 15 is 0 Å². The molecule has 0 unspecified atom stereocenters. The van der Waals surface area contributed by atoms with Gasteiger partial charge in [-0.15, -0.1) is 0 Å². The lowest BCUT2D eigenvalue weighted by molar-refractivity contribution is 0.0696. The number of rotatable bonds is 6. The first-order valence-corrected chi connectivity index (χ1v) is 12.1. The van der Waals surface area contributed by atoms with E-state index in [1.807, 2.05) is 18.2 Å². The van der Waals surface area contributed by atoms with Crippen LogP contribution in [-0.2, 0) is 15.4 Å². The fraction of sp³-hybridized carbons (Fsp3) is 0.200. The van der Waals surface area contributed by atoms with Crippen LogP contribution in [-0.4, -0.2) is 30.7 Å². The summed E-state index contributed by atoms with van der Waals surface area (Å²) in [5, 5.41) is 9.61. The molecule has 0 aliphatic carbocycles. The van der Waals surface area contributed by atoms with Gasteiger partial charge in [0.05, 0.1) is 11.8 Å². The van der Waals surface area contributed by atoms with Gasteiger partial charge < -0.3 is 10.1 Å². The lowest BCUT2D eigenvalue weighted by atomic mass is 9.84. The first-order valence-electron chi connectivity index (χ1n) is 10.2. The Hall–Kier alpha value is -3.65. The SMILES string of the molecule is CC(C)(C)c1cc(/C=C/c2ccc(NS(C)(=O)=O)cc2C(=O)O)cc(-c2ccc[nH]c2=O)c1. The van der Waals surface area contributed by atoms with E-state index in [1.54, 1.807) is 36.5 Å². The third-order valence-corrected chi connectivity index (χ3v) is 5.60. The summed E-state index contributed by atoms with van der Waals surface area (Å²) in [5.41, 5.74) is 3.31. The van der Waals surface area contributed by atoms with Crippen molar-refractivity contribution in [1.29, 1.82) is 0 Å². The van der Waals surface area contributed by atoms with Gasteiger partial charge in [0.1, 0.15) is 0 Å². The Kier molecular flexibility index (Phi) is 6.60. The predicted octanol–water partition coefficient (Wildman–Crippen LogP) is 4.58.